The first-order valence-electron chi connectivity index (χ1n) is 21.9. The van der Waals surface area contributed by atoms with E-state index in [9.17, 15) is 38.7 Å². The van der Waals surface area contributed by atoms with Crippen LogP contribution in [0.15, 0.2) is 48.5 Å². The number of carbonyl (C=O) groups is 7. The molecule has 5 atom stereocenters. The van der Waals surface area contributed by atoms with Gasteiger partial charge in [0.25, 0.3) is 11.8 Å². The summed E-state index contributed by atoms with van der Waals surface area (Å²) in [6.07, 6.45) is 0.750. The molecule has 0 aliphatic carbocycles. The molecule has 0 aromatic heterocycles. The number of aliphatic carboxylic acids is 1. The van der Waals surface area contributed by atoms with E-state index in [-0.39, 0.29) is 44.4 Å². The second-order valence-corrected chi connectivity index (χ2v) is 17.4. The molecule has 2 aromatic rings. The van der Waals surface area contributed by atoms with Crippen molar-refractivity contribution in [2.75, 3.05) is 19.7 Å². The molecule has 0 radical (unpaired) electrons. The van der Waals surface area contributed by atoms with Gasteiger partial charge in [-0.25, -0.2) is 9.59 Å². The molecule has 0 saturated heterocycles. The maximum atomic E-state index is 13.9. The summed E-state index contributed by atoms with van der Waals surface area (Å²) in [6, 6.07) is 11.7. The Morgan fingerprint density at radius 2 is 1.32 bits per heavy atom. The van der Waals surface area contributed by atoms with E-state index in [4.69, 9.17) is 15.2 Å². The van der Waals surface area contributed by atoms with Gasteiger partial charge in [-0.1, -0.05) is 77.4 Å². The topological polar surface area (TPSA) is 256 Å². The van der Waals surface area contributed by atoms with Crippen LogP contribution in [0.3, 0.4) is 0 Å². The molecular weight excluding hydrogens is 811 g/mol. The summed E-state index contributed by atoms with van der Waals surface area (Å²) in [5.74, 6) is -5.22. The average Bonchev–Trinajstić information content (AvgIpc) is 3.21. The van der Waals surface area contributed by atoms with Crippen LogP contribution in [0, 0.1) is 11.8 Å². The van der Waals surface area contributed by atoms with Gasteiger partial charge in [-0.05, 0) is 100 Å². The second-order valence-electron chi connectivity index (χ2n) is 17.4. The summed E-state index contributed by atoms with van der Waals surface area (Å²) in [7, 11) is 0. The fourth-order valence-corrected chi connectivity index (χ4v) is 6.12. The zero-order valence-corrected chi connectivity index (χ0v) is 38.4. The molecule has 0 unspecified atom stereocenters. The predicted molar refractivity (Wildman–Crippen MR) is 240 cm³/mol. The highest BCUT2D eigenvalue weighted by atomic mass is 16.6. The lowest BCUT2D eigenvalue weighted by atomic mass is 10.0. The highest BCUT2D eigenvalue weighted by molar-refractivity contribution is 5.96. The molecule has 9 N–H and O–H groups in total. The van der Waals surface area contributed by atoms with Gasteiger partial charge in [0.1, 0.15) is 23.7 Å². The van der Waals surface area contributed by atoms with Crippen molar-refractivity contribution in [1.82, 2.24) is 31.9 Å². The molecule has 0 spiro atoms. The number of carboxylic acids is 1. The van der Waals surface area contributed by atoms with E-state index in [1.165, 1.54) is 5.56 Å². The van der Waals surface area contributed by atoms with Crippen LogP contribution >= 0.6 is 0 Å². The van der Waals surface area contributed by atoms with Gasteiger partial charge in [-0.15, -0.1) is 0 Å². The van der Waals surface area contributed by atoms with Gasteiger partial charge in [-0.3, -0.25) is 24.0 Å². The molecular formula is C46H71N7O10. The molecule has 63 heavy (non-hydrogen) atoms. The number of unbranched alkanes of at least 4 members (excludes halogenated alkanes) is 2. The first kappa shape index (κ1) is 53.6. The molecule has 0 aliphatic rings. The highest BCUT2D eigenvalue weighted by Gasteiger charge is 2.34. The third kappa shape index (κ3) is 20.5. The van der Waals surface area contributed by atoms with E-state index in [2.05, 4.69) is 63.1 Å². The number of nitrogens with two attached hydrogens (primary N) is 1. The van der Waals surface area contributed by atoms with Crippen LogP contribution in [-0.4, -0.2) is 102 Å². The average molecular weight is 882 g/mol. The van der Waals surface area contributed by atoms with Crippen LogP contribution in [0.1, 0.15) is 117 Å². The van der Waals surface area contributed by atoms with Crippen LogP contribution < -0.4 is 37.6 Å². The number of ether oxygens (including phenoxy) is 2. The molecule has 0 fully saturated rings. The Kier molecular flexibility index (Phi) is 22.8. The smallest absolute Gasteiger partial charge is 0.407 e. The minimum absolute atomic E-state index is 0.0373. The van der Waals surface area contributed by atoms with E-state index in [0.717, 1.165) is 30.4 Å². The van der Waals surface area contributed by atoms with Gasteiger partial charge in [0.15, 0.2) is 6.17 Å². The fraction of sp³-hybridized carbons (Fsp3) is 0.587. The van der Waals surface area contributed by atoms with E-state index < -0.39 is 77.6 Å². The SMILES string of the molecule is CCCCc1ccc(-c2ccc(C(=O)NCCC(=O)N[C@@H](CCCCNC(=O)OC(C)(C)C)C(=O)N[C@H](C(=O)N[C@@H](N)C(=O)N[C@H](C(=O)O)C(C)C)[C@@H](C)OCC(C)C)cc2)cc1. The highest BCUT2D eigenvalue weighted by Crippen LogP contribution is 2.21. The molecule has 0 saturated carbocycles. The van der Waals surface area contributed by atoms with Crippen LogP contribution in [-0.2, 0) is 39.9 Å². The summed E-state index contributed by atoms with van der Waals surface area (Å²) in [4.78, 5) is 90.4. The molecule has 0 aliphatic heterocycles. The molecule has 0 heterocycles. The molecule has 17 heteroatoms. The first-order chi connectivity index (χ1) is 29.6. The summed E-state index contributed by atoms with van der Waals surface area (Å²) in [5.41, 5.74) is 8.96. The third-order valence-electron chi connectivity index (χ3n) is 9.68. The number of alkyl carbamates (subject to hydrolysis) is 1. The maximum Gasteiger partial charge on any atom is 0.407 e. The zero-order valence-electron chi connectivity index (χ0n) is 38.4. The molecule has 17 nitrogen and oxygen atoms in total. The van der Waals surface area contributed by atoms with E-state index in [0.29, 0.717) is 18.4 Å². The number of hydrogen-bond acceptors (Lipinski definition) is 10. The van der Waals surface area contributed by atoms with Gasteiger partial charge >= 0.3 is 12.1 Å². The van der Waals surface area contributed by atoms with Crippen LogP contribution in [0.2, 0.25) is 0 Å². The van der Waals surface area contributed by atoms with E-state index in [1.807, 2.05) is 26.0 Å². The van der Waals surface area contributed by atoms with Gasteiger partial charge in [0.2, 0.25) is 17.7 Å². The number of benzene rings is 2. The van der Waals surface area contributed by atoms with Crippen LogP contribution in [0.4, 0.5) is 4.79 Å². The lowest BCUT2D eigenvalue weighted by Gasteiger charge is -2.29. The Morgan fingerprint density at radius 3 is 1.87 bits per heavy atom. The van der Waals surface area contributed by atoms with Crippen molar-refractivity contribution in [3.63, 3.8) is 0 Å². The molecule has 2 aromatic carbocycles. The maximum absolute atomic E-state index is 13.9. The summed E-state index contributed by atoms with van der Waals surface area (Å²) >= 11 is 0. The Balaban J connectivity index is 2.16. The van der Waals surface area contributed by atoms with Crippen molar-refractivity contribution in [2.24, 2.45) is 17.6 Å². The van der Waals surface area contributed by atoms with Crippen molar-refractivity contribution in [3.8, 4) is 11.1 Å². The van der Waals surface area contributed by atoms with Crippen molar-refractivity contribution < 1.29 is 48.1 Å². The number of amides is 6. The number of carbonyl (C=O) groups excluding carboxylic acids is 6. The normalized spacial score (nSPS) is 13.8. The van der Waals surface area contributed by atoms with Gasteiger partial charge in [-0.2, -0.15) is 0 Å². The predicted octanol–water partition coefficient (Wildman–Crippen LogP) is 4.17. The first-order valence-corrected chi connectivity index (χ1v) is 21.9. The number of carboxylic acid groups (broad SMARTS) is 1. The van der Waals surface area contributed by atoms with E-state index in [1.54, 1.807) is 53.7 Å². The minimum Gasteiger partial charge on any atom is -0.480 e. The standard InChI is InChI=1S/C46H71N7O10/c1-10-11-14-31-16-18-32(19-17-31)33-20-22-34(23-21-33)40(55)48-26-24-36(54)50-35(15-12-13-25-49-45(61)63-46(7,8)9)41(56)52-38(30(6)62-27-28(2)3)42(57)53-39(47)43(58)51-37(29(4)5)44(59)60/h16-23,28-30,35,37-39H,10-15,24-27,47H2,1-9H3,(H,48,55)(H,49,61)(H,50,54)(H,51,58)(H,52,56)(H,53,57)(H,59,60)/t30-,35+,37+,38+,39-/m1/s1. The third-order valence-corrected chi connectivity index (χ3v) is 9.68. The number of rotatable bonds is 26. The molecule has 6 amide bonds. The molecule has 350 valence electrons. The monoisotopic (exact) mass is 882 g/mol. The summed E-state index contributed by atoms with van der Waals surface area (Å²) in [6.45, 7) is 16.3. The summed E-state index contributed by atoms with van der Waals surface area (Å²) in [5, 5.41) is 24.9. The minimum atomic E-state index is -1.68. The lowest BCUT2D eigenvalue weighted by Crippen LogP contribution is -2.63. The summed E-state index contributed by atoms with van der Waals surface area (Å²) < 4.78 is 11.1. The largest absolute Gasteiger partial charge is 0.480 e. The Morgan fingerprint density at radius 1 is 0.714 bits per heavy atom. The molecule has 2 rings (SSSR count). The van der Waals surface area contributed by atoms with Gasteiger partial charge in [0.05, 0.1) is 6.10 Å². The van der Waals surface area contributed by atoms with Crippen molar-refractivity contribution >= 4 is 41.6 Å². The van der Waals surface area contributed by atoms with Crippen molar-refractivity contribution in [3.05, 3.63) is 59.7 Å². The van der Waals surface area contributed by atoms with Gasteiger partial charge in [0, 0.05) is 31.7 Å². The van der Waals surface area contributed by atoms with Gasteiger partial charge < -0.3 is 52.2 Å². The van der Waals surface area contributed by atoms with Crippen LogP contribution in [0.25, 0.3) is 11.1 Å². The Labute approximate surface area is 372 Å². The number of nitrogens with one attached hydrogen (secondary N) is 6. The molecule has 0 bridgehead atoms. The quantitative estimate of drug-likeness (QED) is 0.0492. The lowest BCUT2D eigenvalue weighted by molar-refractivity contribution is -0.143. The van der Waals surface area contributed by atoms with E-state index >= 15 is 0 Å². The number of aryl methyl sites for hydroxylation is 1. The fourth-order valence-electron chi connectivity index (χ4n) is 6.12. The van der Waals surface area contributed by atoms with Crippen LogP contribution in [0.5, 0.6) is 0 Å². The van der Waals surface area contributed by atoms with Crippen molar-refractivity contribution in [2.45, 2.75) is 143 Å². The second kappa shape index (κ2) is 26.8. The number of hydrogen-bond donors (Lipinski definition) is 8. The Bertz CT molecular complexity index is 1800. The zero-order chi connectivity index (χ0) is 47.3. The Hall–Kier alpha value is -5.55. The van der Waals surface area contributed by atoms with Crippen molar-refractivity contribution in [1.29, 1.82) is 0 Å².